The molecule has 0 aromatic heterocycles. The standard InChI is InChI=1S/C16H15N3O3S2/c1-3-9-4-6-10(7-5-9)8-11-12(17)13-15(19-14(11)20)23-16(18-13)24(2,21)22/h4-8,13,17H,3H2,1-2H3/b11-8+,17-12?. The third-order valence-electron chi connectivity index (χ3n) is 3.68. The fourth-order valence-corrected chi connectivity index (χ4v) is 4.26. The van der Waals surface area contributed by atoms with Crippen molar-refractivity contribution >= 4 is 48.7 Å². The lowest BCUT2D eigenvalue weighted by atomic mass is 9.98. The van der Waals surface area contributed by atoms with Gasteiger partial charge in [0, 0.05) is 6.26 Å². The topological polar surface area (TPSA) is 99.8 Å². The number of aryl methyl sites for hydroxylation is 1. The molecular weight excluding hydrogens is 346 g/mol. The molecule has 3 rings (SSSR count). The molecule has 0 radical (unpaired) electrons. The Morgan fingerprint density at radius 3 is 2.54 bits per heavy atom. The van der Waals surface area contributed by atoms with E-state index in [1.165, 1.54) is 5.56 Å². The molecule has 1 aromatic carbocycles. The van der Waals surface area contributed by atoms with Crippen LogP contribution in [-0.2, 0) is 21.1 Å². The van der Waals surface area contributed by atoms with E-state index in [1.54, 1.807) is 6.08 Å². The summed E-state index contributed by atoms with van der Waals surface area (Å²) in [4.78, 5) is 20.2. The Labute approximate surface area is 144 Å². The van der Waals surface area contributed by atoms with Gasteiger partial charge in [0.2, 0.25) is 0 Å². The van der Waals surface area contributed by atoms with E-state index in [1.807, 2.05) is 24.3 Å². The molecule has 1 unspecified atom stereocenters. The zero-order valence-electron chi connectivity index (χ0n) is 13.1. The number of carbonyl (C=O) groups is 1. The number of nitrogens with one attached hydrogen (secondary N) is 1. The Kier molecular flexibility index (Phi) is 4.27. The number of hydrogen-bond acceptors (Lipinski definition) is 6. The maximum atomic E-state index is 12.2. The van der Waals surface area contributed by atoms with Gasteiger partial charge in [-0.3, -0.25) is 9.79 Å². The van der Waals surface area contributed by atoms with Crippen molar-refractivity contribution in [3.05, 3.63) is 41.0 Å². The zero-order valence-corrected chi connectivity index (χ0v) is 14.7. The first kappa shape index (κ1) is 16.8. The molecule has 2 heterocycles. The minimum Gasteiger partial charge on any atom is -0.302 e. The van der Waals surface area contributed by atoms with Crippen LogP contribution in [0.4, 0.5) is 0 Å². The van der Waals surface area contributed by atoms with Gasteiger partial charge in [-0.15, -0.1) is 0 Å². The number of carbonyl (C=O) groups excluding carboxylic acids is 1. The number of sulfone groups is 1. The molecule has 0 saturated carbocycles. The minimum atomic E-state index is -3.48. The van der Waals surface area contributed by atoms with Gasteiger partial charge in [0.05, 0.1) is 11.3 Å². The molecule has 0 fully saturated rings. The molecule has 0 aliphatic carbocycles. The average molecular weight is 361 g/mol. The summed E-state index contributed by atoms with van der Waals surface area (Å²) in [7, 11) is -3.48. The highest BCUT2D eigenvalue weighted by molar-refractivity contribution is 8.42. The summed E-state index contributed by atoms with van der Waals surface area (Å²) in [5.74, 6) is -0.539. The zero-order chi connectivity index (χ0) is 17.5. The van der Waals surface area contributed by atoms with E-state index in [0.29, 0.717) is 0 Å². The van der Waals surface area contributed by atoms with Gasteiger partial charge in [0.15, 0.2) is 14.2 Å². The molecule has 2 aliphatic heterocycles. The smallest absolute Gasteiger partial charge is 0.279 e. The van der Waals surface area contributed by atoms with Crippen LogP contribution in [0.15, 0.2) is 39.8 Å². The van der Waals surface area contributed by atoms with E-state index in [9.17, 15) is 13.2 Å². The molecule has 2 aliphatic rings. The number of rotatable bonds is 2. The summed E-state index contributed by atoms with van der Waals surface area (Å²) in [6.45, 7) is 2.05. The average Bonchev–Trinajstić information content (AvgIpc) is 2.96. The maximum Gasteiger partial charge on any atom is 0.279 e. The summed E-state index contributed by atoms with van der Waals surface area (Å²) in [5, 5.41) is 8.49. The normalized spacial score (nSPS) is 22.4. The van der Waals surface area contributed by atoms with Crippen molar-refractivity contribution in [2.24, 2.45) is 9.98 Å². The van der Waals surface area contributed by atoms with Gasteiger partial charge < -0.3 is 5.41 Å². The third kappa shape index (κ3) is 3.11. The number of fused-ring (bicyclic) bond motifs is 1. The van der Waals surface area contributed by atoms with Gasteiger partial charge >= 0.3 is 0 Å². The number of nitrogens with zero attached hydrogens (tertiary/aromatic N) is 2. The van der Waals surface area contributed by atoms with Crippen molar-refractivity contribution in [1.29, 1.82) is 5.41 Å². The molecule has 0 bridgehead atoms. The quantitative estimate of drug-likeness (QED) is 0.815. The molecular formula is C16H15N3O3S2. The molecule has 1 amide bonds. The van der Waals surface area contributed by atoms with Crippen LogP contribution in [0, 0.1) is 5.41 Å². The summed E-state index contributed by atoms with van der Waals surface area (Å²) in [6.07, 6.45) is 3.57. The second-order valence-corrected chi connectivity index (χ2v) is 8.69. The van der Waals surface area contributed by atoms with E-state index >= 15 is 0 Å². The van der Waals surface area contributed by atoms with E-state index in [4.69, 9.17) is 5.41 Å². The van der Waals surface area contributed by atoms with E-state index in [0.717, 1.165) is 30.0 Å². The van der Waals surface area contributed by atoms with Crippen LogP contribution in [0.3, 0.4) is 0 Å². The fraction of sp³-hybridized carbons (Fsp3) is 0.250. The number of hydrogen-bond donors (Lipinski definition) is 1. The largest absolute Gasteiger partial charge is 0.302 e. The van der Waals surface area contributed by atoms with Crippen LogP contribution < -0.4 is 0 Å². The monoisotopic (exact) mass is 361 g/mol. The number of amides is 1. The highest BCUT2D eigenvalue weighted by atomic mass is 32.3. The van der Waals surface area contributed by atoms with Crippen LogP contribution >= 0.6 is 11.8 Å². The molecule has 1 atom stereocenters. The van der Waals surface area contributed by atoms with E-state index < -0.39 is 21.8 Å². The van der Waals surface area contributed by atoms with Crippen LogP contribution in [0.2, 0.25) is 0 Å². The van der Waals surface area contributed by atoms with E-state index in [-0.39, 0.29) is 20.7 Å². The number of thioether (sulfide) groups is 1. The van der Waals surface area contributed by atoms with Gasteiger partial charge in [0.25, 0.3) is 5.91 Å². The lowest BCUT2D eigenvalue weighted by molar-refractivity contribution is -0.113. The Morgan fingerprint density at radius 1 is 1.29 bits per heavy atom. The highest BCUT2D eigenvalue weighted by Crippen LogP contribution is 2.31. The van der Waals surface area contributed by atoms with Crippen molar-refractivity contribution in [1.82, 2.24) is 0 Å². The third-order valence-corrected chi connectivity index (χ3v) is 6.38. The number of benzene rings is 1. The Bertz CT molecular complexity index is 926. The molecule has 124 valence electrons. The summed E-state index contributed by atoms with van der Waals surface area (Å²) in [5.41, 5.74) is 2.09. The minimum absolute atomic E-state index is 0.0179. The van der Waals surface area contributed by atoms with Gasteiger partial charge in [0.1, 0.15) is 11.1 Å². The maximum absolute atomic E-state index is 12.2. The van der Waals surface area contributed by atoms with Gasteiger partial charge in [-0.1, -0.05) is 31.2 Å². The lowest BCUT2D eigenvalue weighted by Crippen LogP contribution is -2.32. The molecule has 0 spiro atoms. The van der Waals surface area contributed by atoms with Crippen LogP contribution in [0.25, 0.3) is 6.08 Å². The van der Waals surface area contributed by atoms with Crippen molar-refractivity contribution in [3.8, 4) is 0 Å². The Morgan fingerprint density at radius 2 is 1.96 bits per heavy atom. The Hall–Kier alpha value is -2.06. The lowest BCUT2D eigenvalue weighted by Gasteiger charge is -2.16. The molecule has 24 heavy (non-hydrogen) atoms. The SMILES string of the molecule is CCc1ccc(/C=C2\C(=N)C3N=C(S(C)(=O)=O)SC3=NC2=O)cc1. The second kappa shape index (κ2) is 6.10. The van der Waals surface area contributed by atoms with Gasteiger partial charge in [-0.2, -0.15) is 0 Å². The number of aliphatic imine (C=N–C) groups is 2. The molecule has 0 saturated heterocycles. The molecule has 8 heteroatoms. The Balaban J connectivity index is 1.97. The van der Waals surface area contributed by atoms with E-state index in [2.05, 4.69) is 16.9 Å². The summed E-state index contributed by atoms with van der Waals surface area (Å²) in [6, 6.07) is 6.87. The molecule has 1 N–H and O–H groups in total. The second-order valence-electron chi connectivity index (χ2n) is 5.49. The molecule has 6 nitrogen and oxygen atoms in total. The van der Waals surface area contributed by atoms with Crippen LogP contribution in [0.1, 0.15) is 18.1 Å². The van der Waals surface area contributed by atoms with Crippen molar-refractivity contribution in [2.45, 2.75) is 19.4 Å². The first-order valence-corrected chi connectivity index (χ1v) is 9.98. The van der Waals surface area contributed by atoms with Crippen LogP contribution in [0.5, 0.6) is 0 Å². The highest BCUT2D eigenvalue weighted by Gasteiger charge is 2.40. The van der Waals surface area contributed by atoms with Crippen LogP contribution in [-0.4, -0.2) is 41.8 Å². The summed E-state index contributed by atoms with van der Waals surface area (Å²) >= 11 is 0.845. The first-order chi connectivity index (χ1) is 11.3. The summed E-state index contributed by atoms with van der Waals surface area (Å²) < 4.78 is 23.1. The molecule has 1 aromatic rings. The van der Waals surface area contributed by atoms with Gasteiger partial charge in [-0.05, 0) is 35.4 Å². The first-order valence-electron chi connectivity index (χ1n) is 7.27. The van der Waals surface area contributed by atoms with Gasteiger partial charge in [-0.25, -0.2) is 13.4 Å². The fourth-order valence-electron chi connectivity index (χ4n) is 2.35. The van der Waals surface area contributed by atoms with Crippen molar-refractivity contribution in [3.63, 3.8) is 0 Å². The predicted octanol–water partition coefficient (Wildman–Crippen LogP) is 2.11. The van der Waals surface area contributed by atoms with Crippen molar-refractivity contribution < 1.29 is 13.2 Å². The van der Waals surface area contributed by atoms with Crippen molar-refractivity contribution in [2.75, 3.05) is 6.26 Å². The predicted molar refractivity (Wildman–Crippen MR) is 97.6 cm³/mol.